The average Bonchev–Trinajstić information content (AvgIpc) is 2.47. The highest BCUT2D eigenvalue weighted by atomic mass is 35.5. The van der Waals surface area contributed by atoms with E-state index in [1.807, 2.05) is 0 Å². The number of rotatable bonds is 12. The molecule has 0 aliphatic heterocycles. The van der Waals surface area contributed by atoms with Crippen LogP contribution in [0.4, 0.5) is 0 Å². The lowest BCUT2D eigenvalue weighted by molar-refractivity contribution is 0.115. The van der Waals surface area contributed by atoms with Gasteiger partial charge in [0.25, 0.3) is 0 Å². The van der Waals surface area contributed by atoms with Crippen LogP contribution in [0.1, 0.15) is 0 Å². The lowest BCUT2D eigenvalue weighted by Crippen LogP contribution is -2.17. The third-order valence-corrected chi connectivity index (χ3v) is 5.57. The first-order valence-corrected chi connectivity index (χ1v) is 9.88. The summed E-state index contributed by atoms with van der Waals surface area (Å²) in [4.78, 5) is 0. The Hall–Kier alpha value is 1.85. The van der Waals surface area contributed by atoms with E-state index in [1.54, 1.807) is 0 Å². The highest BCUT2D eigenvalue weighted by molar-refractivity contribution is 7.48. The SMILES string of the molecule is O=P(OC[C@H](Cl)CCl)(OC[C@@H](Cl)CCl)OC[C@@H](Cl)CCl. The first kappa shape index (κ1) is 21.9. The largest absolute Gasteiger partial charge is 0.474 e. The maximum atomic E-state index is 12.3. The fourth-order valence-electron chi connectivity index (χ4n) is 0.762. The van der Waals surface area contributed by atoms with Crippen LogP contribution in [0.25, 0.3) is 0 Å². The van der Waals surface area contributed by atoms with Crippen molar-refractivity contribution in [3.63, 3.8) is 0 Å². The molecule has 0 radical (unpaired) electrons. The van der Waals surface area contributed by atoms with Crippen molar-refractivity contribution >= 4 is 77.4 Å². The van der Waals surface area contributed by atoms with Crippen LogP contribution in [0.15, 0.2) is 0 Å². The molecule has 0 rings (SSSR count). The molecular weight excluding hydrogens is 416 g/mol. The molecule has 0 aliphatic rings. The van der Waals surface area contributed by atoms with Gasteiger partial charge in [-0.05, 0) is 0 Å². The third kappa shape index (κ3) is 10.6. The molecule has 0 saturated heterocycles. The zero-order valence-electron chi connectivity index (χ0n) is 10.3. The van der Waals surface area contributed by atoms with Crippen LogP contribution in [0.3, 0.4) is 0 Å². The molecule has 0 N–H and O–H groups in total. The number of phosphoric ester groups is 1. The Kier molecular flexibility index (Phi) is 13.4. The van der Waals surface area contributed by atoms with Crippen molar-refractivity contribution < 1.29 is 18.1 Å². The first-order valence-electron chi connectivity index (χ1n) is 5.50. The Bertz CT molecular complexity index is 255. The second-order valence-corrected chi connectivity index (χ2v) is 8.04. The minimum atomic E-state index is -3.85. The fourth-order valence-corrected chi connectivity index (χ4v) is 2.79. The average molecular weight is 431 g/mol. The molecule has 0 fully saturated rings. The molecule has 11 heteroatoms. The van der Waals surface area contributed by atoms with Crippen molar-refractivity contribution in [2.75, 3.05) is 37.5 Å². The smallest absolute Gasteiger partial charge is 0.285 e. The Morgan fingerprint density at radius 2 is 0.950 bits per heavy atom. The van der Waals surface area contributed by atoms with E-state index >= 15 is 0 Å². The summed E-state index contributed by atoms with van der Waals surface area (Å²) in [5.41, 5.74) is 0. The molecule has 0 aromatic rings. The van der Waals surface area contributed by atoms with Gasteiger partial charge < -0.3 is 0 Å². The van der Waals surface area contributed by atoms with Crippen molar-refractivity contribution in [2.45, 2.75) is 16.1 Å². The number of hydrogen-bond acceptors (Lipinski definition) is 4. The molecule has 0 saturated carbocycles. The second kappa shape index (κ2) is 12.3. The van der Waals surface area contributed by atoms with Gasteiger partial charge in [0.1, 0.15) is 0 Å². The van der Waals surface area contributed by atoms with Crippen molar-refractivity contribution in [1.82, 2.24) is 0 Å². The molecule has 0 heterocycles. The topological polar surface area (TPSA) is 44.8 Å². The number of alkyl halides is 6. The Morgan fingerprint density at radius 3 is 1.15 bits per heavy atom. The van der Waals surface area contributed by atoms with E-state index in [9.17, 15) is 4.57 Å². The molecule has 0 aromatic carbocycles. The molecule has 0 aromatic heterocycles. The third-order valence-electron chi connectivity index (χ3n) is 1.74. The maximum absolute atomic E-state index is 12.3. The fraction of sp³-hybridized carbons (Fsp3) is 1.00. The summed E-state index contributed by atoms with van der Waals surface area (Å²) in [7, 11) is -3.85. The van der Waals surface area contributed by atoms with Crippen LogP contribution in [0.5, 0.6) is 0 Å². The van der Waals surface area contributed by atoms with Gasteiger partial charge in [0.15, 0.2) is 0 Å². The van der Waals surface area contributed by atoms with Crippen molar-refractivity contribution in [3.05, 3.63) is 0 Å². The van der Waals surface area contributed by atoms with Gasteiger partial charge in [-0.25, -0.2) is 4.57 Å². The van der Waals surface area contributed by atoms with Crippen LogP contribution in [0.2, 0.25) is 0 Å². The molecule has 122 valence electrons. The zero-order chi connectivity index (χ0) is 15.6. The minimum Gasteiger partial charge on any atom is -0.285 e. The Labute approximate surface area is 148 Å². The Balaban J connectivity index is 4.45. The zero-order valence-corrected chi connectivity index (χ0v) is 15.8. The first-order chi connectivity index (χ1) is 9.36. The van der Waals surface area contributed by atoms with Gasteiger partial charge in [-0.2, -0.15) is 0 Å². The van der Waals surface area contributed by atoms with E-state index in [0.717, 1.165) is 0 Å². The molecule has 20 heavy (non-hydrogen) atoms. The van der Waals surface area contributed by atoms with Gasteiger partial charge >= 0.3 is 7.82 Å². The lowest BCUT2D eigenvalue weighted by Gasteiger charge is -2.20. The molecule has 0 amide bonds. The van der Waals surface area contributed by atoms with Gasteiger partial charge in [0.05, 0.1) is 36.0 Å². The highest BCUT2D eigenvalue weighted by Gasteiger charge is 2.30. The number of halogens is 6. The van der Waals surface area contributed by atoms with E-state index in [4.69, 9.17) is 83.2 Å². The number of phosphoric acid groups is 1. The van der Waals surface area contributed by atoms with Gasteiger partial charge in [-0.3, -0.25) is 13.6 Å². The Morgan fingerprint density at radius 1 is 0.700 bits per heavy atom. The molecule has 0 bridgehead atoms. The monoisotopic (exact) mass is 428 g/mol. The summed E-state index contributed by atoms with van der Waals surface area (Å²) in [6.07, 6.45) is 0. The highest BCUT2D eigenvalue weighted by Crippen LogP contribution is 2.50. The summed E-state index contributed by atoms with van der Waals surface area (Å²) >= 11 is 33.9. The van der Waals surface area contributed by atoms with E-state index in [2.05, 4.69) is 0 Å². The van der Waals surface area contributed by atoms with Gasteiger partial charge in [0.2, 0.25) is 0 Å². The van der Waals surface area contributed by atoms with E-state index in [1.165, 1.54) is 0 Å². The summed E-state index contributed by atoms with van der Waals surface area (Å²) in [5.74, 6) is 0.379. The summed E-state index contributed by atoms with van der Waals surface area (Å²) < 4.78 is 27.5. The maximum Gasteiger partial charge on any atom is 0.474 e. The van der Waals surface area contributed by atoms with Crippen LogP contribution >= 0.6 is 77.4 Å². The van der Waals surface area contributed by atoms with E-state index in [0.29, 0.717) is 0 Å². The summed E-state index contributed by atoms with van der Waals surface area (Å²) in [5, 5.41) is -1.59. The normalized spacial score (nSPS) is 16.9. The number of hydrogen-bond donors (Lipinski definition) is 0. The van der Waals surface area contributed by atoms with E-state index < -0.39 is 24.0 Å². The molecule has 0 aliphatic carbocycles. The van der Waals surface area contributed by atoms with Crippen molar-refractivity contribution in [3.8, 4) is 0 Å². The standard InChI is InChI=1S/C9H15Cl6O4P/c10-1-7(13)4-17-20(16,18-5-8(14)2-11)19-6-9(15)3-12/h7-9H,1-6H2/t7-,8-,9+/m0/s1. The molecular formula is C9H15Cl6O4P. The quantitative estimate of drug-likeness (QED) is 0.333. The molecule has 0 spiro atoms. The van der Waals surface area contributed by atoms with Crippen LogP contribution < -0.4 is 0 Å². The van der Waals surface area contributed by atoms with Crippen LogP contribution in [-0.4, -0.2) is 53.6 Å². The predicted octanol–water partition coefficient (Wildman–Crippen LogP) is 4.68. The van der Waals surface area contributed by atoms with Crippen molar-refractivity contribution in [1.29, 1.82) is 0 Å². The predicted molar refractivity (Wildman–Crippen MR) is 86.5 cm³/mol. The molecule has 3 atom stereocenters. The van der Waals surface area contributed by atoms with Crippen LogP contribution in [-0.2, 0) is 18.1 Å². The summed E-state index contributed by atoms with van der Waals surface area (Å²) in [6.45, 7) is -0.321. The van der Waals surface area contributed by atoms with Gasteiger partial charge in [-0.1, -0.05) is 0 Å². The molecule has 4 nitrogen and oxygen atoms in total. The minimum absolute atomic E-state index is 0.107. The summed E-state index contributed by atoms with van der Waals surface area (Å²) in [6, 6.07) is 0. The van der Waals surface area contributed by atoms with Gasteiger partial charge in [0, 0.05) is 17.6 Å². The van der Waals surface area contributed by atoms with Gasteiger partial charge in [-0.15, -0.1) is 69.6 Å². The molecule has 0 unspecified atom stereocenters. The van der Waals surface area contributed by atoms with Crippen LogP contribution in [0, 0.1) is 0 Å². The van der Waals surface area contributed by atoms with Crippen molar-refractivity contribution in [2.24, 2.45) is 0 Å². The second-order valence-electron chi connectivity index (χ2n) is 3.59. The van der Waals surface area contributed by atoms with E-state index in [-0.39, 0.29) is 37.5 Å². The lowest BCUT2D eigenvalue weighted by atomic mass is 10.5.